The van der Waals surface area contributed by atoms with Gasteiger partial charge in [0.2, 0.25) is 0 Å². The maximum absolute atomic E-state index is 11.2. The highest BCUT2D eigenvalue weighted by Crippen LogP contribution is 2.27. The number of thioether (sulfide) groups is 1. The maximum atomic E-state index is 11.2. The lowest BCUT2D eigenvalue weighted by atomic mass is 10.2. The number of hydrogen-bond acceptors (Lipinski definition) is 4. The number of Topliss-reactive ketones (excluding diaryl/α,β-unsaturated/α-hetero) is 1. The zero-order valence-corrected chi connectivity index (χ0v) is 11.3. The van der Waals surface area contributed by atoms with Gasteiger partial charge < -0.3 is 4.90 Å². The molecule has 1 aliphatic rings. The maximum Gasteiger partial charge on any atom is 0.161 e. The Morgan fingerprint density at radius 1 is 1.47 bits per heavy atom. The van der Waals surface area contributed by atoms with Crippen LogP contribution in [0.3, 0.4) is 0 Å². The van der Waals surface area contributed by atoms with Crippen molar-refractivity contribution < 1.29 is 4.79 Å². The highest BCUT2D eigenvalue weighted by Gasteiger charge is 2.25. The number of hydrogen-bond donors (Lipinski definition) is 0. The van der Waals surface area contributed by atoms with E-state index in [9.17, 15) is 4.79 Å². The molecule has 0 aliphatic carbocycles. The number of ketones is 1. The van der Waals surface area contributed by atoms with Crippen molar-refractivity contribution in [3.05, 3.63) is 23.9 Å². The van der Waals surface area contributed by atoms with Crippen LogP contribution >= 0.6 is 11.8 Å². The fourth-order valence-corrected chi connectivity index (χ4v) is 3.12. The van der Waals surface area contributed by atoms with E-state index in [1.54, 1.807) is 13.1 Å². The van der Waals surface area contributed by atoms with Crippen molar-refractivity contribution in [2.45, 2.75) is 32.1 Å². The smallest absolute Gasteiger partial charge is 0.161 e. The fraction of sp³-hybridized carbons (Fsp3) is 0.538. The van der Waals surface area contributed by atoms with Crippen LogP contribution in [0.1, 0.15) is 31.1 Å². The summed E-state index contributed by atoms with van der Waals surface area (Å²) in [4.78, 5) is 17.9. The molecular weight excluding hydrogens is 232 g/mol. The van der Waals surface area contributed by atoms with E-state index in [2.05, 4.69) is 23.7 Å². The standard InChI is InChI=1S/C13H18N2OS/c1-9-11(3)17-7-6-15(9)13-5-4-12(8-14-13)10(2)16/h4-5,8-9,11H,6-7H2,1-3H3. The molecule has 2 heterocycles. The average molecular weight is 250 g/mol. The monoisotopic (exact) mass is 250 g/mol. The highest BCUT2D eigenvalue weighted by molar-refractivity contribution is 8.00. The summed E-state index contributed by atoms with van der Waals surface area (Å²) in [6, 6.07) is 4.31. The second-order valence-electron chi connectivity index (χ2n) is 4.47. The Morgan fingerprint density at radius 2 is 2.24 bits per heavy atom. The van der Waals surface area contributed by atoms with E-state index in [1.165, 1.54) is 0 Å². The Labute approximate surface area is 107 Å². The lowest BCUT2D eigenvalue weighted by Crippen LogP contribution is -2.45. The van der Waals surface area contributed by atoms with Crippen LogP contribution in [-0.4, -0.2) is 34.4 Å². The van der Waals surface area contributed by atoms with Gasteiger partial charge in [-0.3, -0.25) is 4.79 Å². The van der Waals surface area contributed by atoms with E-state index in [4.69, 9.17) is 0 Å². The largest absolute Gasteiger partial charge is 0.352 e. The zero-order valence-electron chi connectivity index (χ0n) is 10.5. The summed E-state index contributed by atoms with van der Waals surface area (Å²) < 4.78 is 0. The highest BCUT2D eigenvalue weighted by atomic mass is 32.2. The van der Waals surface area contributed by atoms with Crippen LogP contribution in [0.15, 0.2) is 18.3 Å². The lowest BCUT2D eigenvalue weighted by Gasteiger charge is -2.38. The third-order valence-electron chi connectivity index (χ3n) is 3.33. The minimum absolute atomic E-state index is 0.0691. The number of anilines is 1. The molecule has 3 nitrogen and oxygen atoms in total. The normalized spacial score (nSPS) is 24.8. The van der Waals surface area contributed by atoms with Gasteiger partial charge >= 0.3 is 0 Å². The van der Waals surface area contributed by atoms with Gasteiger partial charge in [0, 0.05) is 35.3 Å². The quantitative estimate of drug-likeness (QED) is 0.755. The van der Waals surface area contributed by atoms with Gasteiger partial charge in [-0.1, -0.05) is 6.92 Å². The van der Waals surface area contributed by atoms with Crippen LogP contribution < -0.4 is 4.90 Å². The second-order valence-corrected chi connectivity index (χ2v) is 5.96. The summed E-state index contributed by atoms with van der Waals surface area (Å²) in [5.41, 5.74) is 0.681. The molecule has 0 amide bonds. The molecule has 0 bridgehead atoms. The predicted molar refractivity (Wildman–Crippen MR) is 73.0 cm³/mol. The molecule has 17 heavy (non-hydrogen) atoms. The number of rotatable bonds is 2. The number of carbonyl (C=O) groups is 1. The molecule has 1 aromatic heterocycles. The Morgan fingerprint density at radius 3 is 2.82 bits per heavy atom. The Kier molecular flexibility index (Phi) is 3.72. The van der Waals surface area contributed by atoms with Gasteiger partial charge in [0.1, 0.15) is 5.82 Å². The molecule has 1 aliphatic heterocycles. The molecule has 0 spiro atoms. The number of aromatic nitrogens is 1. The van der Waals surface area contributed by atoms with Crippen LogP contribution in [0.25, 0.3) is 0 Å². The zero-order chi connectivity index (χ0) is 12.4. The number of nitrogens with zero attached hydrogens (tertiary/aromatic N) is 2. The van der Waals surface area contributed by atoms with Gasteiger partial charge in [-0.25, -0.2) is 4.98 Å². The van der Waals surface area contributed by atoms with Gasteiger partial charge in [0.25, 0.3) is 0 Å². The molecule has 1 saturated heterocycles. The SMILES string of the molecule is CC(=O)c1ccc(N2CCSC(C)C2C)nc1. The van der Waals surface area contributed by atoms with Gasteiger partial charge in [0.05, 0.1) is 0 Å². The topological polar surface area (TPSA) is 33.2 Å². The summed E-state index contributed by atoms with van der Waals surface area (Å²) in [6.07, 6.45) is 1.68. The lowest BCUT2D eigenvalue weighted by molar-refractivity contribution is 0.101. The Bertz CT molecular complexity index is 404. The van der Waals surface area contributed by atoms with Crippen LogP contribution in [0, 0.1) is 0 Å². The molecular formula is C13H18N2OS. The van der Waals surface area contributed by atoms with Gasteiger partial charge in [-0.05, 0) is 26.0 Å². The van der Waals surface area contributed by atoms with E-state index >= 15 is 0 Å². The number of carbonyl (C=O) groups excluding carboxylic acids is 1. The average Bonchev–Trinajstić information content (AvgIpc) is 2.33. The first-order valence-corrected chi connectivity index (χ1v) is 6.99. The molecule has 2 rings (SSSR count). The predicted octanol–water partition coefficient (Wildman–Crippen LogP) is 2.61. The molecule has 92 valence electrons. The van der Waals surface area contributed by atoms with Crippen molar-refractivity contribution in [2.24, 2.45) is 0 Å². The Balaban J connectivity index is 2.19. The van der Waals surface area contributed by atoms with Crippen molar-refractivity contribution in [3.63, 3.8) is 0 Å². The molecule has 4 heteroatoms. The third-order valence-corrected chi connectivity index (χ3v) is 4.67. The molecule has 0 N–H and O–H groups in total. The van der Waals surface area contributed by atoms with Crippen molar-refractivity contribution in [2.75, 3.05) is 17.2 Å². The van der Waals surface area contributed by atoms with E-state index in [1.807, 2.05) is 23.9 Å². The summed E-state index contributed by atoms with van der Waals surface area (Å²) in [6.45, 7) is 7.09. The minimum atomic E-state index is 0.0691. The van der Waals surface area contributed by atoms with Crippen molar-refractivity contribution in [1.82, 2.24) is 4.98 Å². The van der Waals surface area contributed by atoms with E-state index < -0.39 is 0 Å². The van der Waals surface area contributed by atoms with Gasteiger partial charge in [-0.2, -0.15) is 11.8 Å². The molecule has 0 radical (unpaired) electrons. The molecule has 0 aromatic carbocycles. The molecule has 1 fully saturated rings. The molecule has 0 saturated carbocycles. The van der Waals surface area contributed by atoms with Crippen molar-refractivity contribution >= 4 is 23.4 Å². The second kappa shape index (κ2) is 5.08. The minimum Gasteiger partial charge on any atom is -0.352 e. The van der Waals surface area contributed by atoms with Gasteiger partial charge in [0.15, 0.2) is 5.78 Å². The third kappa shape index (κ3) is 2.63. The van der Waals surface area contributed by atoms with Crippen LogP contribution in [-0.2, 0) is 0 Å². The first-order chi connectivity index (χ1) is 8.09. The van der Waals surface area contributed by atoms with Crippen molar-refractivity contribution in [3.8, 4) is 0 Å². The van der Waals surface area contributed by atoms with Crippen LogP contribution in [0.2, 0.25) is 0 Å². The molecule has 1 aromatic rings. The summed E-state index contributed by atoms with van der Waals surface area (Å²) in [5, 5.41) is 0.623. The molecule has 2 unspecified atom stereocenters. The van der Waals surface area contributed by atoms with Gasteiger partial charge in [-0.15, -0.1) is 0 Å². The van der Waals surface area contributed by atoms with Crippen molar-refractivity contribution in [1.29, 1.82) is 0 Å². The summed E-state index contributed by atoms with van der Waals surface area (Å²) in [5.74, 6) is 2.19. The van der Waals surface area contributed by atoms with E-state index in [0.717, 1.165) is 18.1 Å². The summed E-state index contributed by atoms with van der Waals surface area (Å²) in [7, 11) is 0. The molecule has 2 atom stereocenters. The Hall–Kier alpha value is -1.03. The van der Waals surface area contributed by atoms with Crippen LogP contribution in [0.5, 0.6) is 0 Å². The first kappa shape index (κ1) is 12.4. The van der Waals surface area contributed by atoms with E-state index in [-0.39, 0.29) is 5.78 Å². The number of pyridine rings is 1. The first-order valence-electron chi connectivity index (χ1n) is 5.95. The van der Waals surface area contributed by atoms with Crippen LogP contribution in [0.4, 0.5) is 5.82 Å². The van der Waals surface area contributed by atoms with E-state index in [0.29, 0.717) is 16.9 Å². The fourth-order valence-electron chi connectivity index (χ4n) is 2.02. The summed E-state index contributed by atoms with van der Waals surface area (Å²) >= 11 is 2.01.